The Balaban J connectivity index is 1.78. The minimum atomic E-state index is 0.505. The van der Waals surface area contributed by atoms with Crippen LogP contribution in [0.1, 0.15) is 5.69 Å². The summed E-state index contributed by atoms with van der Waals surface area (Å²) in [5.74, 6) is 0.840. The molecule has 0 amide bonds. The van der Waals surface area contributed by atoms with E-state index in [1.807, 2.05) is 42.5 Å². The summed E-state index contributed by atoms with van der Waals surface area (Å²) in [6.45, 7) is 0.505. The Morgan fingerprint density at radius 1 is 1.11 bits per heavy atom. The molecule has 19 heavy (non-hydrogen) atoms. The molecule has 0 bridgehead atoms. The summed E-state index contributed by atoms with van der Waals surface area (Å²) in [6.07, 6.45) is 0. The number of ether oxygens (including phenoxy) is 1. The number of nitrogen functional groups attached to an aromatic ring is 1. The third-order valence-electron chi connectivity index (χ3n) is 2.89. The smallest absolute Gasteiger partial charge is 0.128 e. The molecule has 0 spiro atoms. The molecule has 0 saturated heterocycles. The SMILES string of the molecule is Nc1ccc2cc(COc3cccc(Br)c3)[nH]c2c1. The average molecular weight is 317 g/mol. The van der Waals surface area contributed by atoms with E-state index in [0.29, 0.717) is 6.61 Å². The molecule has 1 aromatic heterocycles. The molecule has 2 aromatic carbocycles. The van der Waals surface area contributed by atoms with Crippen LogP contribution in [0.4, 0.5) is 5.69 Å². The van der Waals surface area contributed by atoms with Crippen LogP contribution < -0.4 is 10.5 Å². The van der Waals surface area contributed by atoms with Crippen molar-refractivity contribution in [3.8, 4) is 5.75 Å². The van der Waals surface area contributed by atoms with E-state index in [0.717, 1.165) is 32.5 Å². The molecule has 96 valence electrons. The molecule has 1 heterocycles. The Bertz CT molecular complexity index is 721. The molecule has 4 heteroatoms. The van der Waals surface area contributed by atoms with Crippen molar-refractivity contribution in [1.29, 1.82) is 0 Å². The monoisotopic (exact) mass is 316 g/mol. The van der Waals surface area contributed by atoms with Gasteiger partial charge in [0.2, 0.25) is 0 Å². The maximum Gasteiger partial charge on any atom is 0.128 e. The van der Waals surface area contributed by atoms with Crippen molar-refractivity contribution in [2.75, 3.05) is 5.73 Å². The molecule has 0 aliphatic rings. The molecule has 0 atom stereocenters. The highest BCUT2D eigenvalue weighted by molar-refractivity contribution is 9.10. The predicted molar refractivity (Wildman–Crippen MR) is 81.2 cm³/mol. The van der Waals surface area contributed by atoms with Gasteiger partial charge in [-0.25, -0.2) is 0 Å². The van der Waals surface area contributed by atoms with Gasteiger partial charge in [-0.1, -0.05) is 28.1 Å². The van der Waals surface area contributed by atoms with Gasteiger partial charge in [0, 0.05) is 15.7 Å². The normalized spacial score (nSPS) is 10.8. The van der Waals surface area contributed by atoms with E-state index in [2.05, 4.69) is 27.0 Å². The zero-order valence-electron chi connectivity index (χ0n) is 10.2. The molecule has 0 fully saturated rings. The number of fused-ring (bicyclic) bond motifs is 1. The standard InChI is InChI=1S/C15H13BrN2O/c16-11-2-1-3-14(7-11)19-9-13-6-10-4-5-12(17)8-15(10)18-13/h1-8,18H,9,17H2. The molecule has 3 aromatic rings. The molecule has 0 saturated carbocycles. The summed E-state index contributed by atoms with van der Waals surface area (Å²) < 4.78 is 6.75. The number of rotatable bonds is 3. The van der Waals surface area contributed by atoms with Crippen molar-refractivity contribution in [2.45, 2.75) is 6.61 Å². The Hall–Kier alpha value is -1.94. The fourth-order valence-electron chi connectivity index (χ4n) is 2.00. The summed E-state index contributed by atoms with van der Waals surface area (Å²) in [7, 11) is 0. The largest absolute Gasteiger partial charge is 0.487 e. The van der Waals surface area contributed by atoms with Gasteiger partial charge in [0.15, 0.2) is 0 Å². The Labute approximate surface area is 119 Å². The van der Waals surface area contributed by atoms with E-state index >= 15 is 0 Å². The Morgan fingerprint density at radius 3 is 2.84 bits per heavy atom. The zero-order valence-corrected chi connectivity index (χ0v) is 11.8. The van der Waals surface area contributed by atoms with Gasteiger partial charge >= 0.3 is 0 Å². The second-order valence-corrected chi connectivity index (χ2v) is 5.30. The second kappa shape index (κ2) is 4.97. The number of benzene rings is 2. The van der Waals surface area contributed by atoms with Crippen LogP contribution in [0.2, 0.25) is 0 Å². The number of H-pyrrole nitrogens is 1. The van der Waals surface area contributed by atoms with E-state index in [1.54, 1.807) is 0 Å². The van der Waals surface area contributed by atoms with Gasteiger partial charge in [-0.15, -0.1) is 0 Å². The van der Waals surface area contributed by atoms with E-state index in [-0.39, 0.29) is 0 Å². The number of aromatic nitrogens is 1. The van der Waals surface area contributed by atoms with Crippen LogP contribution in [0.5, 0.6) is 5.75 Å². The van der Waals surface area contributed by atoms with Crippen LogP contribution in [-0.4, -0.2) is 4.98 Å². The van der Waals surface area contributed by atoms with Crippen LogP contribution in [0, 0.1) is 0 Å². The van der Waals surface area contributed by atoms with Gasteiger partial charge in [-0.3, -0.25) is 0 Å². The molecule has 3 rings (SSSR count). The summed E-state index contributed by atoms with van der Waals surface area (Å²) in [5, 5.41) is 1.14. The lowest BCUT2D eigenvalue weighted by Gasteiger charge is -2.04. The van der Waals surface area contributed by atoms with Crippen molar-refractivity contribution in [2.24, 2.45) is 0 Å². The van der Waals surface area contributed by atoms with E-state index in [9.17, 15) is 0 Å². The lowest BCUT2D eigenvalue weighted by atomic mass is 10.2. The highest BCUT2D eigenvalue weighted by atomic mass is 79.9. The van der Waals surface area contributed by atoms with Crippen molar-refractivity contribution >= 4 is 32.5 Å². The molecular formula is C15H13BrN2O. The van der Waals surface area contributed by atoms with Crippen LogP contribution in [0.15, 0.2) is 53.0 Å². The molecular weight excluding hydrogens is 304 g/mol. The summed E-state index contributed by atoms with van der Waals surface area (Å²) in [5.41, 5.74) is 8.58. The number of anilines is 1. The summed E-state index contributed by atoms with van der Waals surface area (Å²) in [6, 6.07) is 15.7. The fraction of sp³-hybridized carbons (Fsp3) is 0.0667. The molecule has 0 unspecified atom stereocenters. The van der Waals surface area contributed by atoms with Gasteiger partial charge in [0.25, 0.3) is 0 Å². The maximum absolute atomic E-state index is 5.76. The molecule has 0 aliphatic heterocycles. The summed E-state index contributed by atoms with van der Waals surface area (Å²) in [4.78, 5) is 3.30. The number of hydrogen-bond donors (Lipinski definition) is 2. The second-order valence-electron chi connectivity index (χ2n) is 4.39. The molecule has 0 radical (unpaired) electrons. The first-order valence-electron chi connectivity index (χ1n) is 5.96. The van der Waals surface area contributed by atoms with E-state index in [4.69, 9.17) is 10.5 Å². The maximum atomic E-state index is 5.76. The van der Waals surface area contributed by atoms with Crippen molar-refractivity contribution in [3.63, 3.8) is 0 Å². The van der Waals surface area contributed by atoms with Gasteiger partial charge < -0.3 is 15.5 Å². The molecule has 3 nitrogen and oxygen atoms in total. The molecule has 3 N–H and O–H groups in total. The minimum Gasteiger partial charge on any atom is -0.487 e. The number of halogens is 1. The third kappa shape index (κ3) is 2.74. The summed E-state index contributed by atoms with van der Waals surface area (Å²) >= 11 is 3.42. The number of nitrogens with two attached hydrogens (primary N) is 1. The number of hydrogen-bond acceptors (Lipinski definition) is 2. The third-order valence-corrected chi connectivity index (χ3v) is 3.39. The number of nitrogens with one attached hydrogen (secondary N) is 1. The predicted octanol–water partition coefficient (Wildman–Crippen LogP) is 4.09. The van der Waals surface area contributed by atoms with Crippen molar-refractivity contribution in [1.82, 2.24) is 4.98 Å². The van der Waals surface area contributed by atoms with E-state index in [1.165, 1.54) is 0 Å². The van der Waals surface area contributed by atoms with Gasteiger partial charge in [0.05, 0.1) is 5.69 Å². The zero-order chi connectivity index (χ0) is 13.2. The molecule has 0 aliphatic carbocycles. The Kier molecular flexibility index (Phi) is 3.17. The van der Waals surface area contributed by atoms with Crippen LogP contribution in [0.3, 0.4) is 0 Å². The van der Waals surface area contributed by atoms with Crippen molar-refractivity contribution in [3.05, 3.63) is 58.7 Å². The average Bonchev–Trinajstić information content (AvgIpc) is 2.78. The minimum absolute atomic E-state index is 0.505. The quantitative estimate of drug-likeness (QED) is 0.715. The van der Waals surface area contributed by atoms with Crippen LogP contribution in [-0.2, 0) is 6.61 Å². The van der Waals surface area contributed by atoms with Gasteiger partial charge in [-0.05, 0) is 41.8 Å². The van der Waals surface area contributed by atoms with Gasteiger partial charge in [0.1, 0.15) is 12.4 Å². The lowest BCUT2D eigenvalue weighted by molar-refractivity contribution is 0.302. The van der Waals surface area contributed by atoms with Crippen LogP contribution in [0.25, 0.3) is 10.9 Å². The first-order chi connectivity index (χ1) is 9.20. The van der Waals surface area contributed by atoms with Gasteiger partial charge in [-0.2, -0.15) is 0 Å². The highest BCUT2D eigenvalue weighted by Crippen LogP contribution is 2.21. The number of aromatic amines is 1. The van der Waals surface area contributed by atoms with Crippen LogP contribution >= 0.6 is 15.9 Å². The Morgan fingerprint density at radius 2 is 2.00 bits per heavy atom. The fourth-order valence-corrected chi connectivity index (χ4v) is 2.38. The highest BCUT2D eigenvalue weighted by Gasteiger charge is 2.02. The van der Waals surface area contributed by atoms with Crippen molar-refractivity contribution < 1.29 is 4.74 Å². The van der Waals surface area contributed by atoms with E-state index < -0.39 is 0 Å². The topological polar surface area (TPSA) is 51.0 Å². The lowest BCUT2D eigenvalue weighted by Crippen LogP contribution is -1.95. The first-order valence-corrected chi connectivity index (χ1v) is 6.75. The first kappa shape index (κ1) is 12.1.